The van der Waals surface area contributed by atoms with Gasteiger partial charge in [-0.15, -0.1) is 0 Å². The molecule has 0 heterocycles. The van der Waals surface area contributed by atoms with Gasteiger partial charge in [0.15, 0.2) is 0 Å². The van der Waals surface area contributed by atoms with Gasteiger partial charge in [-0.25, -0.2) is 0 Å². The number of hydrogen-bond donors (Lipinski definition) is 0. The fourth-order valence-electron chi connectivity index (χ4n) is 11.2. The molecule has 0 aromatic rings. The lowest BCUT2D eigenvalue weighted by atomic mass is 9.34. The van der Waals surface area contributed by atoms with Gasteiger partial charge in [0.1, 0.15) is 6.10 Å². The number of allylic oxidation sites excluding steroid dienone is 2. The molecule has 34 heavy (non-hydrogen) atoms. The second-order valence-corrected chi connectivity index (χ2v) is 15.9. The van der Waals surface area contributed by atoms with E-state index in [0.29, 0.717) is 33.0 Å². The van der Waals surface area contributed by atoms with Crippen molar-refractivity contribution in [3.63, 3.8) is 0 Å². The molecular formula is C32H52O2. The van der Waals surface area contributed by atoms with Crippen LogP contribution < -0.4 is 0 Å². The molecule has 0 saturated heterocycles. The van der Waals surface area contributed by atoms with Crippen molar-refractivity contribution in [2.75, 3.05) is 0 Å². The van der Waals surface area contributed by atoms with Crippen LogP contribution in [-0.2, 0) is 9.53 Å². The van der Waals surface area contributed by atoms with Gasteiger partial charge in [0.25, 0.3) is 0 Å². The molecule has 0 N–H and O–H groups in total. The summed E-state index contributed by atoms with van der Waals surface area (Å²) in [7, 11) is 0. The normalized spacial score (nSPS) is 51.1. The van der Waals surface area contributed by atoms with Crippen LogP contribution in [0, 0.1) is 50.2 Å². The van der Waals surface area contributed by atoms with Crippen LogP contribution in [0.2, 0.25) is 0 Å². The molecular weight excluding hydrogens is 416 g/mol. The molecule has 0 spiro atoms. The summed E-state index contributed by atoms with van der Waals surface area (Å²) in [4.78, 5) is 11.9. The van der Waals surface area contributed by atoms with Crippen LogP contribution in [0.3, 0.4) is 0 Å². The maximum atomic E-state index is 11.9. The Morgan fingerprint density at radius 2 is 1.41 bits per heavy atom. The van der Waals surface area contributed by atoms with E-state index in [0.717, 1.165) is 18.3 Å². The second-order valence-electron chi connectivity index (χ2n) is 15.9. The predicted octanol–water partition coefficient (Wildman–Crippen LogP) is 8.74. The average Bonchev–Trinajstić information content (AvgIpc) is 2.70. The topological polar surface area (TPSA) is 26.3 Å². The summed E-state index contributed by atoms with van der Waals surface area (Å²) in [6.07, 6.45) is 15.9. The Morgan fingerprint density at radius 1 is 0.794 bits per heavy atom. The van der Waals surface area contributed by atoms with Crippen molar-refractivity contribution in [2.24, 2.45) is 50.2 Å². The van der Waals surface area contributed by atoms with Crippen LogP contribution in [0.25, 0.3) is 0 Å². The van der Waals surface area contributed by atoms with Crippen LogP contribution in [0.5, 0.6) is 0 Å². The summed E-state index contributed by atoms with van der Waals surface area (Å²) in [6, 6.07) is 0. The zero-order chi connectivity index (χ0) is 24.9. The number of carbonyl (C=O) groups is 1. The van der Waals surface area contributed by atoms with E-state index in [1.54, 1.807) is 6.92 Å². The molecule has 0 bridgehead atoms. The molecule has 2 heteroatoms. The lowest BCUT2D eigenvalue weighted by Gasteiger charge is -2.70. The van der Waals surface area contributed by atoms with Gasteiger partial charge in [-0.05, 0) is 109 Å². The van der Waals surface area contributed by atoms with E-state index in [1.807, 2.05) is 5.57 Å². The van der Waals surface area contributed by atoms with E-state index >= 15 is 0 Å². The zero-order valence-corrected chi connectivity index (χ0v) is 23.8. The third-order valence-corrected chi connectivity index (χ3v) is 13.0. The highest BCUT2D eigenvalue weighted by Gasteiger charge is 2.67. The first-order chi connectivity index (χ1) is 15.6. The van der Waals surface area contributed by atoms with Gasteiger partial charge in [-0.2, -0.15) is 0 Å². The summed E-state index contributed by atoms with van der Waals surface area (Å²) >= 11 is 0. The van der Waals surface area contributed by atoms with Gasteiger partial charge in [0.2, 0.25) is 0 Å². The van der Waals surface area contributed by atoms with Gasteiger partial charge in [-0.3, -0.25) is 4.79 Å². The molecule has 2 nitrogen and oxygen atoms in total. The molecule has 5 aliphatic carbocycles. The van der Waals surface area contributed by atoms with Gasteiger partial charge in [-0.1, -0.05) is 67.0 Å². The molecule has 8 atom stereocenters. The van der Waals surface area contributed by atoms with Crippen LogP contribution >= 0.6 is 0 Å². The minimum absolute atomic E-state index is 0.0493. The summed E-state index contributed by atoms with van der Waals surface area (Å²) < 4.78 is 5.90. The quantitative estimate of drug-likeness (QED) is 0.284. The summed E-state index contributed by atoms with van der Waals surface area (Å²) in [5.41, 5.74) is 3.90. The van der Waals surface area contributed by atoms with Crippen molar-refractivity contribution in [2.45, 2.75) is 133 Å². The van der Waals surface area contributed by atoms with Crippen LogP contribution in [0.15, 0.2) is 11.6 Å². The number of rotatable bonds is 1. The molecule has 0 unspecified atom stereocenters. The zero-order valence-electron chi connectivity index (χ0n) is 23.8. The second kappa shape index (κ2) is 7.38. The van der Waals surface area contributed by atoms with Crippen molar-refractivity contribution in [1.29, 1.82) is 0 Å². The van der Waals surface area contributed by atoms with Crippen LogP contribution in [0.4, 0.5) is 0 Å². The van der Waals surface area contributed by atoms with Crippen molar-refractivity contribution in [3.8, 4) is 0 Å². The van der Waals surface area contributed by atoms with Crippen molar-refractivity contribution < 1.29 is 9.53 Å². The standard InChI is InChI=1S/C32H52O2/c1-21(33)34-26-13-17-30(7)22(28(26,4)5)11-15-31(8)23-10-14-29(6)19-18-27(2,3)20-25(29)32(23,9)16-12-24(30)31/h10,22,24-26H,11-20H2,1-9H3/t22-,24+,25+,26+,29+,30+,31+,32+/m1/s1. The van der Waals surface area contributed by atoms with Crippen molar-refractivity contribution in [3.05, 3.63) is 11.6 Å². The number of ether oxygens (including phenoxy) is 1. The number of hydrogen-bond acceptors (Lipinski definition) is 2. The molecule has 5 aliphatic rings. The largest absolute Gasteiger partial charge is 0.462 e. The van der Waals surface area contributed by atoms with Crippen molar-refractivity contribution in [1.82, 2.24) is 0 Å². The molecule has 0 aromatic carbocycles. The smallest absolute Gasteiger partial charge is 0.302 e. The van der Waals surface area contributed by atoms with E-state index in [4.69, 9.17) is 4.74 Å². The SMILES string of the molecule is CC(=O)O[C@H]1CC[C@@]2(C)[C@H](CC[C@@]3(C)C4=CC[C@@]5(C)CCC(C)(C)C[C@@H]5[C@@]4(C)CC[C@@H]23)C1(C)C. The van der Waals surface area contributed by atoms with Crippen molar-refractivity contribution >= 4 is 5.97 Å². The Kier molecular flexibility index (Phi) is 5.40. The first kappa shape index (κ1) is 24.9. The first-order valence-corrected chi connectivity index (χ1v) is 14.5. The monoisotopic (exact) mass is 468 g/mol. The summed E-state index contributed by atoms with van der Waals surface area (Å²) in [5, 5.41) is 0. The molecule has 0 radical (unpaired) electrons. The highest BCUT2D eigenvalue weighted by atomic mass is 16.5. The van der Waals surface area contributed by atoms with Crippen LogP contribution in [-0.4, -0.2) is 12.1 Å². The van der Waals surface area contributed by atoms with E-state index in [2.05, 4.69) is 61.5 Å². The molecule has 0 amide bonds. The Balaban J connectivity index is 1.51. The number of carbonyl (C=O) groups excluding carboxylic acids is 1. The summed E-state index contributed by atoms with van der Waals surface area (Å²) in [6.45, 7) is 22.0. The lowest BCUT2D eigenvalue weighted by Crippen LogP contribution is -2.63. The van der Waals surface area contributed by atoms with E-state index < -0.39 is 0 Å². The molecule has 192 valence electrons. The summed E-state index contributed by atoms with van der Waals surface area (Å²) in [5.74, 6) is 2.09. The predicted molar refractivity (Wildman–Crippen MR) is 140 cm³/mol. The molecule has 0 aromatic heterocycles. The first-order valence-electron chi connectivity index (χ1n) is 14.5. The lowest BCUT2D eigenvalue weighted by molar-refractivity contribution is -0.198. The minimum atomic E-state index is -0.110. The third kappa shape index (κ3) is 3.28. The van der Waals surface area contributed by atoms with Gasteiger partial charge in [0.05, 0.1) is 0 Å². The minimum Gasteiger partial charge on any atom is -0.462 e. The van der Waals surface area contributed by atoms with Gasteiger partial charge < -0.3 is 4.74 Å². The highest BCUT2D eigenvalue weighted by molar-refractivity contribution is 5.66. The molecule has 4 fully saturated rings. The Bertz CT molecular complexity index is 897. The number of fused-ring (bicyclic) bond motifs is 7. The fraction of sp³-hybridized carbons (Fsp3) is 0.906. The van der Waals surface area contributed by atoms with Gasteiger partial charge in [0, 0.05) is 12.3 Å². The Labute approximate surface area is 210 Å². The number of esters is 1. The molecule has 4 saturated carbocycles. The molecule has 0 aliphatic heterocycles. The van der Waals surface area contributed by atoms with E-state index in [1.165, 1.54) is 57.8 Å². The Hall–Kier alpha value is -0.790. The average molecular weight is 469 g/mol. The maximum Gasteiger partial charge on any atom is 0.302 e. The third-order valence-electron chi connectivity index (χ3n) is 13.0. The Morgan fingerprint density at radius 3 is 2.06 bits per heavy atom. The van der Waals surface area contributed by atoms with E-state index in [-0.39, 0.29) is 17.5 Å². The maximum absolute atomic E-state index is 11.9. The van der Waals surface area contributed by atoms with Gasteiger partial charge >= 0.3 is 5.97 Å². The highest BCUT2D eigenvalue weighted by Crippen LogP contribution is 2.75. The van der Waals surface area contributed by atoms with E-state index in [9.17, 15) is 4.79 Å². The van der Waals surface area contributed by atoms with Crippen LogP contribution in [0.1, 0.15) is 127 Å². The fourth-order valence-corrected chi connectivity index (χ4v) is 11.2. The molecule has 5 rings (SSSR count).